The van der Waals surface area contributed by atoms with Gasteiger partial charge < -0.3 is 4.90 Å². The molecule has 1 heterocycles. The molecule has 0 aromatic carbocycles. The number of thioether (sulfide) groups is 1. The van der Waals surface area contributed by atoms with Crippen LogP contribution in [0.15, 0.2) is 0 Å². The molecule has 0 saturated carbocycles. The predicted octanol–water partition coefficient (Wildman–Crippen LogP) is 2.92. The van der Waals surface area contributed by atoms with Crippen molar-refractivity contribution in [2.75, 3.05) is 12.3 Å². The summed E-state index contributed by atoms with van der Waals surface area (Å²) in [5, 5.41) is 0.243. The van der Waals surface area contributed by atoms with Gasteiger partial charge in [-0.15, -0.1) is 11.8 Å². The Morgan fingerprint density at radius 3 is 2.87 bits per heavy atom. The molecule has 3 heteroatoms. The van der Waals surface area contributed by atoms with Gasteiger partial charge in [-0.3, -0.25) is 4.79 Å². The second-order valence-corrected chi connectivity index (χ2v) is 5.79. The molecule has 2 nitrogen and oxygen atoms in total. The van der Waals surface area contributed by atoms with Gasteiger partial charge in [0.05, 0.1) is 5.25 Å². The largest absolute Gasteiger partial charge is 0.339 e. The van der Waals surface area contributed by atoms with Crippen LogP contribution < -0.4 is 0 Å². The highest BCUT2D eigenvalue weighted by atomic mass is 32.2. The Morgan fingerprint density at radius 1 is 1.53 bits per heavy atom. The Morgan fingerprint density at radius 2 is 2.27 bits per heavy atom. The zero-order chi connectivity index (χ0) is 11.3. The number of rotatable bonds is 5. The lowest BCUT2D eigenvalue weighted by Crippen LogP contribution is -2.46. The van der Waals surface area contributed by atoms with E-state index in [1.54, 1.807) is 0 Å². The molecule has 1 rings (SSSR count). The number of likely N-dealkylation sites (tertiary alicyclic amines) is 1. The van der Waals surface area contributed by atoms with Crippen molar-refractivity contribution in [2.45, 2.75) is 57.7 Å². The number of nitrogens with zero attached hydrogens (tertiary/aromatic N) is 1. The molecule has 0 N–H and O–H groups in total. The number of unbranched alkanes of at least 4 members (excludes halogenated alkanes) is 1. The zero-order valence-corrected chi connectivity index (χ0v) is 11.0. The molecule has 1 aliphatic rings. The monoisotopic (exact) mass is 229 g/mol. The lowest BCUT2D eigenvalue weighted by molar-refractivity contribution is -0.134. The third-order valence-corrected chi connectivity index (χ3v) is 4.23. The molecule has 1 amide bonds. The minimum Gasteiger partial charge on any atom is -0.339 e. The van der Waals surface area contributed by atoms with E-state index in [0.29, 0.717) is 11.9 Å². The summed E-state index contributed by atoms with van der Waals surface area (Å²) in [5.41, 5.74) is 0. The van der Waals surface area contributed by atoms with Crippen LogP contribution in [-0.4, -0.2) is 34.4 Å². The van der Waals surface area contributed by atoms with Crippen LogP contribution in [-0.2, 0) is 4.79 Å². The van der Waals surface area contributed by atoms with E-state index < -0.39 is 0 Å². The van der Waals surface area contributed by atoms with E-state index in [1.165, 1.54) is 19.3 Å². The van der Waals surface area contributed by atoms with Gasteiger partial charge in [-0.25, -0.2) is 0 Å². The van der Waals surface area contributed by atoms with Crippen molar-refractivity contribution in [3.63, 3.8) is 0 Å². The fourth-order valence-electron chi connectivity index (χ4n) is 1.90. The van der Waals surface area contributed by atoms with Gasteiger partial charge in [0.15, 0.2) is 0 Å². The van der Waals surface area contributed by atoms with Crippen LogP contribution in [0.5, 0.6) is 0 Å². The molecule has 0 unspecified atom stereocenters. The Bertz CT molecular complexity index is 206. The van der Waals surface area contributed by atoms with E-state index >= 15 is 0 Å². The van der Waals surface area contributed by atoms with Crippen LogP contribution in [0.2, 0.25) is 0 Å². The smallest absolute Gasteiger partial charge is 0.235 e. The Labute approximate surface area is 97.8 Å². The van der Waals surface area contributed by atoms with Crippen molar-refractivity contribution in [1.29, 1.82) is 0 Å². The lowest BCUT2D eigenvalue weighted by atomic mass is 10.1. The molecule has 0 radical (unpaired) electrons. The fourth-order valence-corrected chi connectivity index (χ4v) is 3.25. The van der Waals surface area contributed by atoms with Gasteiger partial charge in [-0.1, -0.05) is 13.3 Å². The van der Waals surface area contributed by atoms with Gasteiger partial charge in [0.2, 0.25) is 5.91 Å². The van der Waals surface area contributed by atoms with E-state index in [9.17, 15) is 4.79 Å². The summed E-state index contributed by atoms with van der Waals surface area (Å²) in [6, 6.07) is 0.368. The van der Waals surface area contributed by atoms with Gasteiger partial charge in [0.25, 0.3) is 0 Å². The number of amides is 1. The summed E-state index contributed by atoms with van der Waals surface area (Å²) >= 11 is 1.86. The third-order valence-electron chi connectivity index (χ3n) is 2.86. The fraction of sp³-hybridized carbons (Fsp3) is 0.917. The molecule has 15 heavy (non-hydrogen) atoms. The maximum atomic E-state index is 12.1. The summed E-state index contributed by atoms with van der Waals surface area (Å²) < 4.78 is 0. The first-order chi connectivity index (χ1) is 7.16. The quantitative estimate of drug-likeness (QED) is 0.676. The van der Waals surface area contributed by atoms with Crippen LogP contribution in [0.1, 0.15) is 46.5 Å². The first-order valence-electron chi connectivity index (χ1n) is 6.09. The first kappa shape index (κ1) is 12.9. The van der Waals surface area contributed by atoms with Crippen LogP contribution in [0.4, 0.5) is 0 Å². The van der Waals surface area contributed by atoms with Crippen molar-refractivity contribution in [3.8, 4) is 0 Å². The van der Waals surface area contributed by atoms with Crippen LogP contribution in [0, 0.1) is 0 Å². The topological polar surface area (TPSA) is 20.3 Å². The summed E-state index contributed by atoms with van der Waals surface area (Å²) in [7, 11) is 0. The second-order valence-electron chi connectivity index (χ2n) is 4.48. The Balaban J connectivity index is 2.40. The third kappa shape index (κ3) is 3.71. The highest BCUT2D eigenvalue weighted by molar-refractivity contribution is 8.00. The molecule has 0 spiro atoms. The molecule has 0 aromatic rings. The number of hydrogen-bond acceptors (Lipinski definition) is 2. The van der Waals surface area contributed by atoms with E-state index in [0.717, 1.165) is 18.7 Å². The molecule has 1 fully saturated rings. The molecule has 0 aromatic heterocycles. The summed E-state index contributed by atoms with van der Waals surface area (Å²) in [6.07, 6.45) is 4.71. The van der Waals surface area contributed by atoms with Gasteiger partial charge in [-0.2, -0.15) is 0 Å². The summed E-state index contributed by atoms with van der Waals surface area (Å²) in [5.74, 6) is 1.51. The molecule has 88 valence electrons. The van der Waals surface area contributed by atoms with E-state index in [2.05, 4.69) is 20.8 Å². The molecular formula is C12H23NOS. The Hall–Kier alpha value is -0.180. The number of carbonyl (C=O) groups is 1. The standard InChI is InChI=1S/C12H23NOS/c1-4-5-9-15-11-7-6-8-13(10(2)3)12(11)14/h10-11H,4-9H2,1-3H3/t11-/m1/s1. The maximum Gasteiger partial charge on any atom is 0.235 e. The molecule has 0 bridgehead atoms. The predicted molar refractivity (Wildman–Crippen MR) is 67.2 cm³/mol. The number of hydrogen-bond donors (Lipinski definition) is 0. The first-order valence-corrected chi connectivity index (χ1v) is 7.13. The Kier molecular flexibility index (Phi) is 5.51. The molecule has 1 aliphatic heterocycles. The van der Waals surface area contributed by atoms with Crippen molar-refractivity contribution in [2.24, 2.45) is 0 Å². The van der Waals surface area contributed by atoms with Gasteiger partial charge in [0.1, 0.15) is 0 Å². The average Bonchev–Trinajstić information content (AvgIpc) is 2.20. The van der Waals surface area contributed by atoms with Crippen molar-refractivity contribution >= 4 is 17.7 Å². The van der Waals surface area contributed by atoms with Crippen LogP contribution >= 0.6 is 11.8 Å². The second kappa shape index (κ2) is 6.41. The highest BCUT2D eigenvalue weighted by Gasteiger charge is 2.29. The minimum absolute atomic E-state index is 0.243. The maximum absolute atomic E-state index is 12.1. The molecule has 1 atom stereocenters. The number of carbonyl (C=O) groups excluding carboxylic acids is 1. The molecule has 0 aliphatic carbocycles. The van der Waals surface area contributed by atoms with Crippen molar-refractivity contribution < 1.29 is 4.79 Å². The average molecular weight is 229 g/mol. The van der Waals surface area contributed by atoms with Gasteiger partial charge in [0, 0.05) is 12.6 Å². The summed E-state index contributed by atoms with van der Waals surface area (Å²) in [4.78, 5) is 14.1. The molecular weight excluding hydrogens is 206 g/mol. The van der Waals surface area contributed by atoms with E-state index in [1.807, 2.05) is 16.7 Å². The zero-order valence-electron chi connectivity index (χ0n) is 10.2. The van der Waals surface area contributed by atoms with Crippen molar-refractivity contribution in [1.82, 2.24) is 4.90 Å². The SMILES string of the molecule is CCCCS[C@@H]1CCCN(C(C)C)C1=O. The number of piperidine rings is 1. The van der Waals surface area contributed by atoms with Crippen LogP contribution in [0.3, 0.4) is 0 Å². The van der Waals surface area contributed by atoms with Gasteiger partial charge >= 0.3 is 0 Å². The summed E-state index contributed by atoms with van der Waals surface area (Å²) in [6.45, 7) is 7.37. The van der Waals surface area contributed by atoms with Crippen LogP contribution in [0.25, 0.3) is 0 Å². The van der Waals surface area contributed by atoms with Crippen molar-refractivity contribution in [3.05, 3.63) is 0 Å². The minimum atomic E-state index is 0.243. The lowest BCUT2D eigenvalue weighted by Gasteiger charge is -2.34. The molecule has 1 saturated heterocycles. The van der Waals surface area contributed by atoms with E-state index in [4.69, 9.17) is 0 Å². The van der Waals surface area contributed by atoms with E-state index in [-0.39, 0.29) is 5.25 Å². The normalized spacial score (nSPS) is 22.5. The van der Waals surface area contributed by atoms with Gasteiger partial charge in [-0.05, 0) is 38.9 Å². The highest BCUT2D eigenvalue weighted by Crippen LogP contribution is 2.25.